The first-order chi connectivity index (χ1) is 6.45. The number of carbonyl (C=O) groups is 2. The van der Waals surface area contributed by atoms with Gasteiger partial charge in [0.15, 0.2) is 12.1 Å². The number of hydrogen-bond donors (Lipinski definition) is 4. The maximum Gasteiger partial charge on any atom is 0.363 e. The van der Waals surface area contributed by atoms with Crippen molar-refractivity contribution in [3.63, 3.8) is 0 Å². The highest BCUT2D eigenvalue weighted by atomic mass is 35.5. The van der Waals surface area contributed by atoms with Crippen LogP contribution in [0.4, 0.5) is 0 Å². The fourth-order valence-electron chi connectivity index (χ4n) is 0.403. The highest BCUT2D eigenvalue weighted by molar-refractivity contribution is 8.76. The van der Waals surface area contributed by atoms with Crippen LogP contribution >= 0.6 is 21.6 Å². The van der Waals surface area contributed by atoms with E-state index in [1.165, 1.54) is 21.6 Å². The topological polar surface area (TPSA) is 130 Å². The average Bonchev–Trinajstić information content (AvgIpc) is 2.11. The van der Waals surface area contributed by atoms with Crippen LogP contribution in [0.2, 0.25) is 0 Å². The molecule has 0 aliphatic heterocycles. The van der Waals surface area contributed by atoms with E-state index in [1.54, 1.807) is 0 Å². The first-order valence-electron chi connectivity index (χ1n) is 3.81. The monoisotopic (exact) mass is 312 g/mol. The summed E-state index contributed by atoms with van der Waals surface area (Å²) in [5.74, 6) is -1.15. The van der Waals surface area contributed by atoms with E-state index in [-0.39, 0.29) is 24.8 Å². The van der Waals surface area contributed by atoms with Crippen molar-refractivity contribution < 1.29 is 56.1 Å². The van der Waals surface area contributed by atoms with E-state index in [2.05, 4.69) is 11.5 Å². The van der Waals surface area contributed by atoms with Gasteiger partial charge in [-0.05, 0) is 0 Å². The molecule has 16 heavy (non-hydrogen) atoms. The molecular weight excluding hydrogens is 299 g/mol. The van der Waals surface area contributed by atoms with Crippen LogP contribution in [-0.4, -0.2) is 45.7 Å². The van der Waals surface area contributed by atoms with Gasteiger partial charge in [-0.2, -0.15) is 0 Å². The molecular formula is C6H14Cl2N2O4S2. The van der Waals surface area contributed by atoms with Gasteiger partial charge in [0.05, 0.1) is 11.5 Å². The van der Waals surface area contributed by atoms with Gasteiger partial charge < -0.3 is 46.5 Å². The van der Waals surface area contributed by atoms with Crippen molar-refractivity contribution in [2.24, 2.45) is 0 Å². The number of quaternary nitrogens is 2. The van der Waals surface area contributed by atoms with Crippen LogP contribution in [-0.2, 0) is 9.59 Å². The number of halogens is 2. The van der Waals surface area contributed by atoms with Crippen LogP contribution in [0.1, 0.15) is 0 Å². The molecule has 8 N–H and O–H groups in total. The molecule has 6 nitrogen and oxygen atoms in total. The molecule has 10 heteroatoms. The molecule has 0 heterocycles. The molecule has 0 aromatic rings. The predicted octanol–water partition coefficient (Wildman–Crippen LogP) is -8.23. The lowest BCUT2D eigenvalue weighted by Crippen LogP contribution is -3.00. The first-order valence-corrected chi connectivity index (χ1v) is 6.30. The van der Waals surface area contributed by atoms with Gasteiger partial charge in [0.25, 0.3) is 0 Å². The SMILES string of the molecule is [Cl-].[Cl-].[NH3+]C(CSSCC([NH3+])C(=O)O)C(=O)O. The van der Waals surface area contributed by atoms with Crippen molar-refractivity contribution in [2.45, 2.75) is 12.1 Å². The van der Waals surface area contributed by atoms with E-state index in [4.69, 9.17) is 10.2 Å². The highest BCUT2D eigenvalue weighted by Gasteiger charge is 2.18. The highest BCUT2D eigenvalue weighted by Crippen LogP contribution is 2.21. The Hall–Kier alpha value is 0.140. The first kappa shape index (κ1) is 21.4. The van der Waals surface area contributed by atoms with Crippen LogP contribution in [0.25, 0.3) is 0 Å². The Morgan fingerprint density at radius 2 is 1.19 bits per heavy atom. The molecule has 0 rings (SSSR count). The Bertz CT molecular complexity index is 201. The third-order valence-corrected chi connectivity index (χ3v) is 3.88. The minimum Gasteiger partial charge on any atom is -1.00 e. The number of carboxylic acid groups (broad SMARTS) is 2. The number of rotatable bonds is 7. The van der Waals surface area contributed by atoms with Crippen LogP contribution in [0, 0.1) is 0 Å². The zero-order valence-corrected chi connectivity index (χ0v) is 11.4. The van der Waals surface area contributed by atoms with E-state index < -0.39 is 24.0 Å². The summed E-state index contributed by atoms with van der Waals surface area (Å²) in [6.07, 6.45) is 0. The lowest BCUT2D eigenvalue weighted by molar-refractivity contribution is -0.400. The Morgan fingerprint density at radius 3 is 1.38 bits per heavy atom. The van der Waals surface area contributed by atoms with Crippen molar-refractivity contribution in [3.8, 4) is 0 Å². The second kappa shape index (κ2) is 11.6. The molecule has 0 radical (unpaired) electrons. The van der Waals surface area contributed by atoms with E-state index in [0.29, 0.717) is 11.5 Å². The second-order valence-electron chi connectivity index (χ2n) is 2.64. The average molecular weight is 313 g/mol. The Balaban J connectivity index is -0.000000845. The van der Waals surface area contributed by atoms with E-state index >= 15 is 0 Å². The van der Waals surface area contributed by atoms with Crippen molar-refractivity contribution in [1.29, 1.82) is 0 Å². The largest absolute Gasteiger partial charge is 1.00 e. The Morgan fingerprint density at radius 1 is 0.938 bits per heavy atom. The summed E-state index contributed by atoms with van der Waals surface area (Å²) in [5.41, 5.74) is 6.85. The minimum atomic E-state index is -0.942. The second-order valence-corrected chi connectivity index (χ2v) is 5.19. The quantitative estimate of drug-likeness (QED) is 0.273. The molecule has 0 aromatic heterocycles. The molecule has 0 saturated heterocycles. The number of hydrogen-bond acceptors (Lipinski definition) is 4. The van der Waals surface area contributed by atoms with Gasteiger partial charge in [0.2, 0.25) is 0 Å². The van der Waals surface area contributed by atoms with Gasteiger partial charge in [-0.3, -0.25) is 0 Å². The van der Waals surface area contributed by atoms with Crippen molar-refractivity contribution >= 4 is 33.5 Å². The summed E-state index contributed by atoms with van der Waals surface area (Å²) in [5, 5.41) is 17.0. The molecule has 0 spiro atoms. The summed E-state index contributed by atoms with van der Waals surface area (Å²) < 4.78 is 0. The van der Waals surface area contributed by atoms with Gasteiger partial charge in [0.1, 0.15) is 0 Å². The van der Waals surface area contributed by atoms with Gasteiger partial charge >= 0.3 is 11.9 Å². The minimum absolute atomic E-state index is 0. The van der Waals surface area contributed by atoms with Gasteiger partial charge in [0, 0.05) is 0 Å². The van der Waals surface area contributed by atoms with Crippen molar-refractivity contribution in [1.82, 2.24) is 0 Å². The third kappa shape index (κ3) is 10.7. The maximum atomic E-state index is 10.3. The zero-order chi connectivity index (χ0) is 11.1. The smallest absolute Gasteiger partial charge is 0.363 e. The fraction of sp³-hybridized carbons (Fsp3) is 0.667. The molecule has 0 aliphatic carbocycles. The molecule has 0 bridgehead atoms. The Labute approximate surface area is 113 Å². The summed E-state index contributed by atoms with van der Waals surface area (Å²) in [4.78, 5) is 20.7. The van der Waals surface area contributed by atoms with Crippen LogP contribution in [0.3, 0.4) is 0 Å². The van der Waals surface area contributed by atoms with Crippen molar-refractivity contribution in [3.05, 3.63) is 0 Å². The predicted molar refractivity (Wildman–Crippen MR) is 53.5 cm³/mol. The lowest BCUT2D eigenvalue weighted by Gasteiger charge is -2.03. The van der Waals surface area contributed by atoms with E-state index in [1.807, 2.05) is 0 Å². The lowest BCUT2D eigenvalue weighted by atomic mass is 10.4. The van der Waals surface area contributed by atoms with Crippen LogP contribution in [0.15, 0.2) is 0 Å². The fourth-order valence-corrected chi connectivity index (χ4v) is 2.77. The normalized spacial score (nSPS) is 12.9. The maximum absolute atomic E-state index is 10.3. The standard InChI is InChI=1S/C6H12N2O4S2.2ClH/c7-3(5(9)10)1-13-14-2-4(8)6(11)12;;/h3-4H,1-2,7-8H2,(H,9,10)(H,11,12);2*1H. The molecule has 2 unspecified atom stereocenters. The number of carboxylic acids is 2. The van der Waals surface area contributed by atoms with Gasteiger partial charge in [-0.15, -0.1) is 0 Å². The molecule has 0 aliphatic rings. The summed E-state index contributed by atoms with van der Waals surface area (Å²) in [7, 11) is 2.61. The zero-order valence-electron chi connectivity index (χ0n) is 8.27. The third-order valence-electron chi connectivity index (χ3n) is 1.32. The molecule has 0 fully saturated rings. The molecule has 98 valence electrons. The Kier molecular flexibility index (Phi) is 15.6. The summed E-state index contributed by atoms with van der Waals surface area (Å²) in [6.45, 7) is 0. The summed E-state index contributed by atoms with van der Waals surface area (Å²) >= 11 is 0. The van der Waals surface area contributed by atoms with Crippen LogP contribution < -0.4 is 36.3 Å². The molecule has 0 amide bonds. The molecule has 0 aromatic carbocycles. The molecule has 2 atom stereocenters. The molecule has 0 saturated carbocycles. The van der Waals surface area contributed by atoms with E-state index in [0.717, 1.165) is 0 Å². The van der Waals surface area contributed by atoms with Crippen LogP contribution in [0.5, 0.6) is 0 Å². The van der Waals surface area contributed by atoms with Gasteiger partial charge in [-0.1, -0.05) is 21.6 Å². The van der Waals surface area contributed by atoms with E-state index in [9.17, 15) is 9.59 Å². The number of aliphatic carboxylic acids is 2. The van der Waals surface area contributed by atoms with Crippen molar-refractivity contribution in [2.75, 3.05) is 11.5 Å². The summed E-state index contributed by atoms with van der Waals surface area (Å²) in [6, 6.07) is -1.30. The van der Waals surface area contributed by atoms with Gasteiger partial charge in [-0.25, -0.2) is 9.59 Å².